The molecule has 0 N–H and O–H groups in total. The molecular weight excluding hydrogens is 595 g/mol. The second-order valence-electron chi connectivity index (χ2n) is 12.8. The maximum Gasteiger partial charge on any atom is 0.164 e. The fourth-order valence-corrected chi connectivity index (χ4v) is 7.56. The van der Waals surface area contributed by atoms with Crippen molar-refractivity contribution in [3.8, 4) is 56.4 Å². The SMILES string of the molecule is c1ccc(-c2nc(-c3ccccc3)nc(-c3cccc(-c4ccc5c(c4)Cc4cc6c7ccccc7c7ccccc7c6cc4-5)c3)n2)cc1. The van der Waals surface area contributed by atoms with Crippen LogP contribution < -0.4 is 0 Å². The van der Waals surface area contributed by atoms with E-state index in [9.17, 15) is 0 Å². The summed E-state index contributed by atoms with van der Waals surface area (Å²) in [5, 5.41) is 7.90. The molecule has 3 nitrogen and oxygen atoms in total. The van der Waals surface area contributed by atoms with Crippen LogP contribution in [-0.2, 0) is 6.42 Å². The number of fused-ring (bicyclic) bond motifs is 9. The molecule has 0 fully saturated rings. The van der Waals surface area contributed by atoms with Crippen LogP contribution >= 0.6 is 0 Å². The van der Waals surface area contributed by atoms with Crippen LogP contribution in [0.5, 0.6) is 0 Å². The molecule has 0 saturated heterocycles. The number of rotatable bonds is 4. The first-order valence-corrected chi connectivity index (χ1v) is 16.7. The molecule has 0 radical (unpaired) electrons. The fourth-order valence-electron chi connectivity index (χ4n) is 7.56. The summed E-state index contributed by atoms with van der Waals surface area (Å²) in [7, 11) is 0. The van der Waals surface area contributed by atoms with Crippen molar-refractivity contribution in [2.45, 2.75) is 6.42 Å². The first-order valence-electron chi connectivity index (χ1n) is 16.7. The molecule has 49 heavy (non-hydrogen) atoms. The summed E-state index contributed by atoms with van der Waals surface area (Å²) in [6, 6.07) is 58.2. The van der Waals surface area contributed by atoms with E-state index in [0.29, 0.717) is 17.5 Å². The maximum absolute atomic E-state index is 4.97. The van der Waals surface area contributed by atoms with Crippen LogP contribution in [0, 0.1) is 0 Å². The second-order valence-corrected chi connectivity index (χ2v) is 12.8. The van der Waals surface area contributed by atoms with Crippen LogP contribution in [0.15, 0.2) is 164 Å². The molecule has 0 amide bonds. The van der Waals surface area contributed by atoms with Gasteiger partial charge < -0.3 is 0 Å². The van der Waals surface area contributed by atoms with Crippen molar-refractivity contribution >= 4 is 32.3 Å². The molecule has 8 aromatic carbocycles. The van der Waals surface area contributed by atoms with Crippen molar-refractivity contribution in [3.63, 3.8) is 0 Å². The van der Waals surface area contributed by atoms with Crippen molar-refractivity contribution < 1.29 is 0 Å². The summed E-state index contributed by atoms with van der Waals surface area (Å²) in [6.45, 7) is 0. The third-order valence-electron chi connectivity index (χ3n) is 9.90. The van der Waals surface area contributed by atoms with Gasteiger partial charge in [-0.25, -0.2) is 15.0 Å². The van der Waals surface area contributed by atoms with Gasteiger partial charge in [0.2, 0.25) is 0 Å². The smallest absolute Gasteiger partial charge is 0.164 e. The highest BCUT2D eigenvalue weighted by Crippen LogP contribution is 2.44. The Hall–Kier alpha value is -6.45. The number of aromatic nitrogens is 3. The average Bonchev–Trinajstić information content (AvgIpc) is 3.55. The van der Waals surface area contributed by atoms with Gasteiger partial charge in [0.05, 0.1) is 0 Å². The molecule has 0 spiro atoms. The van der Waals surface area contributed by atoms with Crippen molar-refractivity contribution in [3.05, 3.63) is 175 Å². The quantitative estimate of drug-likeness (QED) is 0.183. The Morgan fingerprint density at radius 2 is 0.735 bits per heavy atom. The molecule has 10 rings (SSSR count). The van der Waals surface area contributed by atoms with E-state index in [4.69, 9.17) is 15.0 Å². The molecular formula is C46H29N3. The molecule has 1 aromatic heterocycles. The molecule has 9 aromatic rings. The lowest BCUT2D eigenvalue weighted by molar-refractivity contribution is 1.07. The molecule has 1 aliphatic rings. The predicted octanol–water partition coefficient (Wildman–Crippen LogP) is 11.6. The Balaban J connectivity index is 1.06. The van der Waals surface area contributed by atoms with Crippen molar-refractivity contribution in [1.82, 2.24) is 15.0 Å². The van der Waals surface area contributed by atoms with Gasteiger partial charge in [0.15, 0.2) is 17.5 Å². The van der Waals surface area contributed by atoms with E-state index >= 15 is 0 Å². The van der Waals surface area contributed by atoms with Gasteiger partial charge in [0, 0.05) is 16.7 Å². The monoisotopic (exact) mass is 623 g/mol. The highest BCUT2D eigenvalue weighted by atomic mass is 15.0. The van der Waals surface area contributed by atoms with E-state index in [2.05, 4.69) is 103 Å². The number of hydrogen-bond donors (Lipinski definition) is 0. The molecule has 1 heterocycles. The molecule has 0 atom stereocenters. The van der Waals surface area contributed by atoms with E-state index < -0.39 is 0 Å². The Bertz CT molecular complexity index is 2670. The zero-order chi connectivity index (χ0) is 32.3. The highest BCUT2D eigenvalue weighted by Gasteiger charge is 2.22. The number of nitrogens with zero attached hydrogens (tertiary/aromatic N) is 3. The van der Waals surface area contributed by atoms with Crippen molar-refractivity contribution in [2.75, 3.05) is 0 Å². The molecule has 0 unspecified atom stereocenters. The standard InChI is InChI=1S/C46H29N3/c1-3-12-29(13-4-1)44-47-45(30-14-5-2-6-15-30)49-46(48-44)33-17-11-16-31(24-33)32-22-23-36-34(25-32)26-35-27-42-39-20-9-7-18-37(39)38-19-8-10-21-40(38)43(42)28-41(35)36/h1-25,27-28H,26H2. The molecule has 0 saturated carbocycles. The van der Waals surface area contributed by atoms with Gasteiger partial charge in [-0.15, -0.1) is 0 Å². The highest BCUT2D eigenvalue weighted by molar-refractivity contribution is 6.26. The van der Waals surface area contributed by atoms with E-state index in [-0.39, 0.29) is 0 Å². The van der Waals surface area contributed by atoms with E-state index in [1.54, 1.807) is 0 Å². The van der Waals surface area contributed by atoms with Gasteiger partial charge in [-0.05, 0) is 90.3 Å². The van der Waals surface area contributed by atoms with Crippen LogP contribution in [0.1, 0.15) is 11.1 Å². The van der Waals surface area contributed by atoms with E-state index in [1.807, 2.05) is 60.7 Å². The summed E-state index contributed by atoms with van der Waals surface area (Å²) in [5.41, 5.74) is 10.6. The number of hydrogen-bond acceptors (Lipinski definition) is 3. The predicted molar refractivity (Wildman–Crippen MR) is 202 cm³/mol. The van der Waals surface area contributed by atoms with Gasteiger partial charge >= 0.3 is 0 Å². The largest absolute Gasteiger partial charge is 0.208 e. The Kier molecular flexibility index (Phi) is 6.25. The molecule has 0 aliphatic heterocycles. The summed E-state index contributed by atoms with van der Waals surface area (Å²) in [6.07, 6.45) is 0.920. The van der Waals surface area contributed by atoms with Crippen LogP contribution in [0.25, 0.3) is 88.7 Å². The lowest BCUT2D eigenvalue weighted by Gasteiger charge is -2.12. The fraction of sp³-hybridized carbons (Fsp3) is 0.0217. The van der Waals surface area contributed by atoms with E-state index in [1.165, 1.54) is 60.1 Å². The van der Waals surface area contributed by atoms with Gasteiger partial charge in [0.1, 0.15) is 0 Å². The molecule has 1 aliphatic carbocycles. The molecule has 228 valence electrons. The van der Waals surface area contributed by atoms with Gasteiger partial charge in [-0.3, -0.25) is 0 Å². The number of benzene rings is 8. The van der Waals surface area contributed by atoms with Gasteiger partial charge in [-0.2, -0.15) is 0 Å². The normalized spacial score (nSPS) is 12.0. The first-order chi connectivity index (χ1) is 24.3. The van der Waals surface area contributed by atoms with Gasteiger partial charge in [-0.1, -0.05) is 146 Å². The van der Waals surface area contributed by atoms with Crippen LogP contribution in [0.3, 0.4) is 0 Å². The van der Waals surface area contributed by atoms with Crippen LogP contribution in [0.4, 0.5) is 0 Å². The second kappa shape index (κ2) is 11.1. The first kappa shape index (κ1) is 27.6. The third-order valence-corrected chi connectivity index (χ3v) is 9.90. The minimum atomic E-state index is 0.661. The van der Waals surface area contributed by atoms with E-state index in [0.717, 1.165) is 28.7 Å². The summed E-state index contributed by atoms with van der Waals surface area (Å²) in [4.78, 5) is 14.8. The summed E-state index contributed by atoms with van der Waals surface area (Å²) in [5.74, 6) is 1.99. The lowest BCUT2D eigenvalue weighted by Crippen LogP contribution is -2.00. The maximum atomic E-state index is 4.97. The van der Waals surface area contributed by atoms with Crippen LogP contribution in [0.2, 0.25) is 0 Å². The zero-order valence-corrected chi connectivity index (χ0v) is 26.6. The minimum Gasteiger partial charge on any atom is -0.208 e. The molecule has 3 heteroatoms. The topological polar surface area (TPSA) is 38.7 Å². The van der Waals surface area contributed by atoms with Crippen molar-refractivity contribution in [2.24, 2.45) is 0 Å². The Morgan fingerprint density at radius 1 is 0.286 bits per heavy atom. The summed E-state index contributed by atoms with van der Waals surface area (Å²) >= 11 is 0. The van der Waals surface area contributed by atoms with Crippen LogP contribution in [-0.4, -0.2) is 15.0 Å². The lowest BCUT2D eigenvalue weighted by atomic mass is 9.91. The summed E-state index contributed by atoms with van der Waals surface area (Å²) < 4.78 is 0. The third kappa shape index (κ3) is 4.62. The van der Waals surface area contributed by atoms with Gasteiger partial charge in [0.25, 0.3) is 0 Å². The Morgan fingerprint density at radius 3 is 1.35 bits per heavy atom. The average molecular weight is 624 g/mol. The minimum absolute atomic E-state index is 0.661. The van der Waals surface area contributed by atoms with Crippen molar-refractivity contribution in [1.29, 1.82) is 0 Å². The Labute approximate surface area is 284 Å². The molecule has 0 bridgehead atoms. The zero-order valence-electron chi connectivity index (χ0n) is 26.6.